The van der Waals surface area contributed by atoms with Crippen molar-refractivity contribution in [3.63, 3.8) is 0 Å². The number of hydrogen-bond donors (Lipinski definition) is 1. The highest BCUT2D eigenvalue weighted by Gasteiger charge is 2.51. The van der Waals surface area contributed by atoms with Crippen molar-refractivity contribution in [1.29, 1.82) is 0 Å². The zero-order chi connectivity index (χ0) is 14.4. The third-order valence-corrected chi connectivity index (χ3v) is 6.51. The first-order valence-corrected chi connectivity index (χ1v) is 8.96. The van der Waals surface area contributed by atoms with E-state index in [0.717, 1.165) is 22.2 Å². The van der Waals surface area contributed by atoms with Gasteiger partial charge < -0.3 is 9.80 Å². The summed E-state index contributed by atoms with van der Waals surface area (Å²) in [7, 11) is 2.07. The molecule has 1 aromatic rings. The van der Waals surface area contributed by atoms with E-state index < -0.39 is 0 Å². The minimum absolute atomic E-state index is 0.173. The van der Waals surface area contributed by atoms with E-state index in [0.29, 0.717) is 11.9 Å². The van der Waals surface area contributed by atoms with Gasteiger partial charge >= 0.3 is 0 Å². The number of carbonyl (C=O) groups excluding carboxylic acids is 1. The van der Waals surface area contributed by atoms with Gasteiger partial charge in [-0.05, 0) is 5.56 Å². The summed E-state index contributed by atoms with van der Waals surface area (Å²) < 4.78 is 0. The summed E-state index contributed by atoms with van der Waals surface area (Å²) in [6, 6.07) is 10.2. The molecule has 3 aliphatic rings. The number of carbonyl (C=O) groups is 1. The minimum Gasteiger partial charge on any atom is -0.368 e. The van der Waals surface area contributed by atoms with Crippen molar-refractivity contribution < 1.29 is 4.79 Å². The molecule has 2 atom stereocenters. The number of benzene rings is 1. The molecule has 1 amide bonds. The number of fused-ring (bicyclic) bond motifs is 1. The Labute approximate surface area is 132 Å². The molecule has 3 heterocycles. The van der Waals surface area contributed by atoms with Gasteiger partial charge in [0.15, 0.2) is 0 Å². The summed E-state index contributed by atoms with van der Waals surface area (Å²) >= 11 is 3.50. The van der Waals surface area contributed by atoms with Crippen molar-refractivity contribution in [3.05, 3.63) is 45.8 Å². The molecule has 2 unspecified atom stereocenters. The molecular weight excluding hydrogens is 302 g/mol. The molecule has 4 rings (SSSR count). The van der Waals surface area contributed by atoms with Crippen LogP contribution in [0, 0.1) is 0 Å². The minimum atomic E-state index is 0.173. The maximum atomic E-state index is 12.9. The van der Waals surface area contributed by atoms with Crippen LogP contribution >= 0.6 is 23.5 Å². The normalized spacial score (nSPS) is 31.6. The van der Waals surface area contributed by atoms with Gasteiger partial charge in [-0.1, -0.05) is 42.1 Å². The lowest BCUT2D eigenvalue weighted by Gasteiger charge is -2.28. The Balaban J connectivity index is 1.61. The van der Waals surface area contributed by atoms with E-state index in [-0.39, 0.29) is 12.1 Å². The van der Waals surface area contributed by atoms with Crippen molar-refractivity contribution in [2.24, 2.45) is 0 Å². The highest BCUT2D eigenvalue weighted by molar-refractivity contribution is 8.08. The third kappa shape index (κ3) is 2.45. The van der Waals surface area contributed by atoms with Gasteiger partial charge in [0.2, 0.25) is 0 Å². The molecule has 0 spiro atoms. The van der Waals surface area contributed by atoms with Gasteiger partial charge in [0.1, 0.15) is 11.1 Å². The number of amides is 1. The van der Waals surface area contributed by atoms with Crippen molar-refractivity contribution in [2.75, 3.05) is 19.3 Å². The van der Waals surface area contributed by atoms with Crippen LogP contribution in [0.25, 0.3) is 0 Å². The number of nitrogens with one attached hydrogen (secondary N) is 1. The lowest BCUT2D eigenvalue weighted by Crippen LogP contribution is -2.39. The van der Waals surface area contributed by atoms with Gasteiger partial charge in [0.05, 0.1) is 10.4 Å². The number of nitrogens with zero attached hydrogens (tertiary/aromatic N) is 2. The van der Waals surface area contributed by atoms with E-state index in [1.165, 1.54) is 5.56 Å². The van der Waals surface area contributed by atoms with Crippen LogP contribution < -0.4 is 5.32 Å². The molecule has 110 valence electrons. The predicted octanol–water partition coefficient (Wildman–Crippen LogP) is 1.87. The summed E-state index contributed by atoms with van der Waals surface area (Å²) in [5.41, 5.74) is 1.18. The van der Waals surface area contributed by atoms with Gasteiger partial charge in [-0.15, -0.1) is 11.8 Å². The number of rotatable bonds is 2. The fourth-order valence-corrected chi connectivity index (χ4v) is 5.34. The molecule has 6 heteroatoms. The highest BCUT2D eigenvalue weighted by atomic mass is 32.2. The molecule has 0 saturated carbocycles. The molecule has 3 saturated heterocycles. The van der Waals surface area contributed by atoms with Crippen LogP contribution in [-0.2, 0) is 11.3 Å². The fourth-order valence-electron chi connectivity index (χ4n) is 2.72. The number of hydrogen-bond acceptors (Lipinski definition) is 5. The van der Waals surface area contributed by atoms with Gasteiger partial charge in [-0.25, -0.2) is 0 Å². The Hall–Kier alpha value is -1.11. The van der Waals surface area contributed by atoms with Crippen LogP contribution in [-0.4, -0.2) is 46.6 Å². The molecule has 0 aromatic heterocycles. The molecule has 4 nitrogen and oxygen atoms in total. The topological polar surface area (TPSA) is 45.5 Å². The van der Waals surface area contributed by atoms with Crippen molar-refractivity contribution >= 4 is 29.4 Å². The fraction of sp³-hybridized carbons (Fsp3) is 0.400. The van der Waals surface area contributed by atoms with E-state index >= 15 is 0 Å². The van der Waals surface area contributed by atoms with Crippen LogP contribution in [0.5, 0.6) is 0 Å². The highest BCUT2D eigenvalue weighted by Crippen LogP contribution is 2.45. The average Bonchev–Trinajstić information content (AvgIpc) is 3.16. The Bertz CT molecular complexity index is 604. The van der Waals surface area contributed by atoms with E-state index in [9.17, 15) is 4.79 Å². The molecule has 0 bridgehead atoms. The monoisotopic (exact) mass is 319 g/mol. The molecular formula is C15H17N3OS2. The lowest BCUT2D eigenvalue weighted by molar-refractivity contribution is -0.128. The number of thioether (sulfide) groups is 2. The summed E-state index contributed by atoms with van der Waals surface area (Å²) in [4.78, 5) is 18.0. The quantitative estimate of drug-likeness (QED) is 0.666. The predicted molar refractivity (Wildman–Crippen MR) is 87.4 cm³/mol. The summed E-state index contributed by atoms with van der Waals surface area (Å²) in [6.45, 7) is 1.71. The summed E-state index contributed by atoms with van der Waals surface area (Å²) in [5, 5.41) is 4.92. The smallest absolute Gasteiger partial charge is 0.264 e. The van der Waals surface area contributed by atoms with Gasteiger partial charge in [-0.3, -0.25) is 10.1 Å². The maximum Gasteiger partial charge on any atom is 0.264 e. The van der Waals surface area contributed by atoms with Crippen LogP contribution in [0.4, 0.5) is 0 Å². The third-order valence-electron chi connectivity index (χ3n) is 3.95. The Kier molecular flexibility index (Phi) is 3.40. The van der Waals surface area contributed by atoms with Crippen LogP contribution in [0.2, 0.25) is 0 Å². The van der Waals surface area contributed by atoms with E-state index in [2.05, 4.69) is 29.4 Å². The van der Waals surface area contributed by atoms with Crippen LogP contribution in [0.15, 0.2) is 40.3 Å². The van der Waals surface area contributed by atoms with Gasteiger partial charge in [0.25, 0.3) is 5.91 Å². The second-order valence-corrected chi connectivity index (χ2v) is 7.71. The Morgan fingerprint density at radius 1 is 1.33 bits per heavy atom. The standard InChI is InChI=1S/C15H17N3OS2/c1-17-7-8-20-15(17)11-14(19)18(12-13(16-12)21-11)9-10-5-3-2-4-6-10/h2-6,12-13,16H,7-9H2,1H3/b15-11+. The molecule has 1 N–H and O–H groups in total. The van der Waals surface area contributed by atoms with E-state index in [1.54, 1.807) is 23.5 Å². The second-order valence-electron chi connectivity index (χ2n) is 5.47. The van der Waals surface area contributed by atoms with Gasteiger partial charge in [0, 0.05) is 25.9 Å². The zero-order valence-electron chi connectivity index (χ0n) is 11.8. The maximum absolute atomic E-state index is 12.9. The van der Waals surface area contributed by atoms with Crippen LogP contribution in [0.3, 0.4) is 0 Å². The van der Waals surface area contributed by atoms with Crippen molar-refractivity contribution in [1.82, 2.24) is 15.1 Å². The first-order valence-electron chi connectivity index (χ1n) is 7.10. The molecule has 3 fully saturated rings. The summed E-state index contributed by atoms with van der Waals surface area (Å²) in [5.74, 6) is 1.25. The molecule has 1 aromatic carbocycles. The molecule has 3 aliphatic heterocycles. The van der Waals surface area contributed by atoms with E-state index in [1.807, 2.05) is 23.1 Å². The molecule has 0 radical (unpaired) electrons. The van der Waals surface area contributed by atoms with Crippen LogP contribution in [0.1, 0.15) is 5.56 Å². The Morgan fingerprint density at radius 2 is 2.14 bits per heavy atom. The SMILES string of the molecule is CN1CCS/C1=C1/SC2NC2N(Cc2ccccc2)C1=O. The molecule has 0 aliphatic carbocycles. The molecule has 21 heavy (non-hydrogen) atoms. The average molecular weight is 319 g/mol. The van der Waals surface area contributed by atoms with Crippen molar-refractivity contribution in [2.45, 2.75) is 18.1 Å². The zero-order valence-corrected chi connectivity index (χ0v) is 13.4. The first kappa shape index (κ1) is 13.5. The van der Waals surface area contributed by atoms with Gasteiger partial charge in [-0.2, -0.15) is 0 Å². The van der Waals surface area contributed by atoms with Crippen molar-refractivity contribution in [3.8, 4) is 0 Å². The first-order chi connectivity index (χ1) is 10.2. The second kappa shape index (κ2) is 5.26. The Morgan fingerprint density at radius 3 is 2.86 bits per heavy atom. The largest absolute Gasteiger partial charge is 0.368 e. The summed E-state index contributed by atoms with van der Waals surface area (Å²) in [6.07, 6.45) is 0.198. The van der Waals surface area contributed by atoms with E-state index in [4.69, 9.17) is 0 Å². The lowest BCUT2D eigenvalue weighted by atomic mass is 10.2.